The lowest BCUT2D eigenvalue weighted by molar-refractivity contribution is -0.142. The minimum atomic E-state index is -1.92. The Bertz CT molecular complexity index is 3260. The minimum absolute atomic E-state index is 0.00647. The highest BCUT2D eigenvalue weighted by Gasteiger charge is 2.39. The van der Waals surface area contributed by atoms with Gasteiger partial charge in [-0.05, 0) is 57.6 Å². The van der Waals surface area contributed by atoms with Crippen LogP contribution in [0.3, 0.4) is 0 Å². The molecule has 15 amide bonds. The summed E-state index contributed by atoms with van der Waals surface area (Å²) in [5.74, 6) is -15.7. The molecular formula is C55H79N21O17. The lowest BCUT2D eigenvalue weighted by atomic mass is 10.0. The second-order valence-corrected chi connectivity index (χ2v) is 21.8. The van der Waals surface area contributed by atoms with E-state index in [1.165, 1.54) is 24.3 Å². The largest absolute Gasteiger partial charge is 0.394 e. The molecule has 0 bridgehead atoms. The monoisotopic (exact) mass is 1310 g/mol. The van der Waals surface area contributed by atoms with Crippen LogP contribution in [0.2, 0.25) is 0 Å². The van der Waals surface area contributed by atoms with E-state index in [9.17, 15) is 82.1 Å². The highest BCUT2D eigenvalue weighted by atomic mass is 16.3. The molecule has 1 aromatic carbocycles. The van der Waals surface area contributed by atoms with Crippen LogP contribution in [0, 0.1) is 0 Å². The lowest BCUT2D eigenvalue weighted by Gasteiger charge is -2.29. The SMILES string of the molecule is C[C@@H]1NC(=O)CNC(=O)CNC(=O)[C@H]([C@@H](C)O)NC(=O)[C@H](CCC(N)=O)NC(=O)CNC(=O)[C@H](CC(N)=O)NC(=O)[C@H](CO)NC(=O)[C@H](Cc2cnc[nH]2)NC(=O)CNC(=O)[C@H](Cc2c[nH]c3ccccc23)NC(=O)[C@H](CCCN=C(N)N)NC(=O)[C@@H]2CCCN2C1=O. The standard InChI is InChI=1S/C55H79N21O17/c1-26-54(93)76-14-6-10-38(76)52(91)71-32(9-5-13-61-55(58)59)48(87)72-34(15-28-18-62-31-8-4-3-7-30(28)31)46(85)64-23-44(84)70-35(16-29-19-60-25-67-29)50(89)74-37(24-77)51(90)73-36(17-40(57)80)47(86)65-22-43(83)69-33(11-12-39(56)79)49(88)75-45(27(2)78)53(92)66-20-41(81)63-21-42(82)68-26/h3-4,7-8,18-19,25-27,32-38,45,62,77-78H,5-6,9-17,20-24H2,1-2H3,(H2,56,79)(H2,57,80)(H,60,67)(H,63,81)(H,64,85)(H,65,86)(H,66,92)(H,68,82)(H,69,83)(H,70,84)(H,71,91)(H,72,87)(H,73,90)(H,74,89)(H,75,88)(H4,58,59,61)/t26-,27+,32-,33-,34-,35-,36-,37-,38-,45-/m0/s1. The maximum Gasteiger partial charge on any atom is 0.245 e. The number of fused-ring (bicyclic) bond motifs is 2. The molecule has 5 rings (SSSR count). The molecule has 38 nitrogen and oxygen atoms in total. The van der Waals surface area contributed by atoms with Gasteiger partial charge in [0, 0.05) is 61.3 Å². The summed E-state index contributed by atoms with van der Waals surface area (Å²) in [4.78, 5) is 217. The van der Waals surface area contributed by atoms with Crippen LogP contribution in [0.25, 0.3) is 10.9 Å². The molecule has 2 fully saturated rings. The van der Waals surface area contributed by atoms with Crippen molar-refractivity contribution in [1.82, 2.24) is 83.7 Å². The molecular weight excluding hydrogens is 1230 g/mol. The molecule has 0 unspecified atom stereocenters. The van der Waals surface area contributed by atoms with Gasteiger partial charge in [-0.3, -0.25) is 76.9 Å². The van der Waals surface area contributed by atoms with E-state index >= 15 is 0 Å². The van der Waals surface area contributed by atoms with Gasteiger partial charge >= 0.3 is 0 Å². The molecule has 10 atom stereocenters. The van der Waals surface area contributed by atoms with E-state index in [0.29, 0.717) is 22.9 Å². The smallest absolute Gasteiger partial charge is 0.245 e. The number of carbonyl (C=O) groups is 15. The van der Waals surface area contributed by atoms with Crippen LogP contribution >= 0.6 is 0 Å². The van der Waals surface area contributed by atoms with Crippen LogP contribution < -0.4 is 86.7 Å². The second-order valence-electron chi connectivity index (χ2n) is 21.8. The first-order chi connectivity index (χ1) is 44.1. The van der Waals surface area contributed by atoms with Crippen LogP contribution in [-0.2, 0) is 84.8 Å². The number of imidazole rings is 1. The summed E-state index contributed by atoms with van der Waals surface area (Å²) in [5.41, 5.74) is 23.2. The van der Waals surface area contributed by atoms with Gasteiger partial charge in [0.05, 0.1) is 51.6 Å². The van der Waals surface area contributed by atoms with Crippen molar-refractivity contribution in [2.45, 2.75) is 132 Å². The first kappa shape index (κ1) is 73.0. The van der Waals surface area contributed by atoms with Gasteiger partial charge in [0.25, 0.3) is 0 Å². The van der Waals surface area contributed by atoms with Crippen molar-refractivity contribution in [2.24, 2.45) is 27.9 Å². The molecule has 2 aliphatic heterocycles. The minimum Gasteiger partial charge on any atom is -0.394 e. The normalized spacial score (nSPS) is 24.3. The first-order valence-corrected chi connectivity index (χ1v) is 29.4. The number of aromatic nitrogens is 3. The summed E-state index contributed by atoms with van der Waals surface area (Å²) in [6.07, 6.45) is 0.361. The van der Waals surface area contributed by atoms with Gasteiger partial charge in [-0.1, -0.05) is 18.2 Å². The van der Waals surface area contributed by atoms with Crippen LogP contribution in [-0.4, -0.2) is 231 Å². The molecule has 2 aromatic heterocycles. The van der Waals surface area contributed by atoms with E-state index in [1.807, 2.05) is 0 Å². The highest BCUT2D eigenvalue weighted by molar-refractivity contribution is 6.00. The molecule has 0 saturated carbocycles. The fourth-order valence-electron chi connectivity index (χ4n) is 9.73. The van der Waals surface area contributed by atoms with Gasteiger partial charge in [-0.15, -0.1) is 0 Å². The van der Waals surface area contributed by atoms with Gasteiger partial charge in [-0.25, -0.2) is 4.98 Å². The summed E-state index contributed by atoms with van der Waals surface area (Å²) in [6.45, 7) is -2.15. The van der Waals surface area contributed by atoms with Crippen molar-refractivity contribution in [3.05, 3.63) is 54.2 Å². The van der Waals surface area contributed by atoms with Gasteiger partial charge in [0.15, 0.2) is 5.96 Å². The van der Waals surface area contributed by atoms with E-state index in [4.69, 9.17) is 22.9 Å². The molecule has 3 aromatic rings. The molecule has 4 heterocycles. The third-order valence-corrected chi connectivity index (χ3v) is 14.5. The molecule has 38 heteroatoms. The number of nitrogens with two attached hydrogens (primary N) is 4. The number of hydrogen-bond donors (Lipinski definition) is 20. The lowest BCUT2D eigenvalue weighted by Crippen LogP contribution is -2.60. The molecule has 24 N–H and O–H groups in total. The number of H-pyrrole nitrogens is 2. The number of aliphatic imine (C=N–C) groups is 1. The van der Waals surface area contributed by atoms with Crippen molar-refractivity contribution < 1.29 is 82.1 Å². The summed E-state index contributed by atoms with van der Waals surface area (Å²) < 4.78 is 0. The first-order valence-electron chi connectivity index (χ1n) is 29.4. The third kappa shape index (κ3) is 23.2. The third-order valence-electron chi connectivity index (χ3n) is 14.5. The molecule has 93 heavy (non-hydrogen) atoms. The Morgan fingerprint density at radius 2 is 1.18 bits per heavy atom. The predicted octanol–water partition coefficient (Wildman–Crippen LogP) is -10.4. The summed E-state index contributed by atoms with van der Waals surface area (Å²) in [7, 11) is 0. The summed E-state index contributed by atoms with van der Waals surface area (Å²) >= 11 is 0. The number of nitrogens with zero attached hydrogens (tertiary/aromatic N) is 3. The van der Waals surface area contributed by atoms with Gasteiger partial charge in [0.1, 0.15) is 54.4 Å². The van der Waals surface area contributed by atoms with E-state index in [0.717, 1.165) is 6.92 Å². The van der Waals surface area contributed by atoms with Crippen LogP contribution in [0.15, 0.2) is 48.0 Å². The second kappa shape index (κ2) is 35.6. The maximum absolute atomic E-state index is 14.5. The van der Waals surface area contributed by atoms with Crippen molar-refractivity contribution in [3.63, 3.8) is 0 Å². The molecule has 2 aliphatic rings. The van der Waals surface area contributed by atoms with E-state index in [1.54, 1.807) is 30.5 Å². The zero-order valence-corrected chi connectivity index (χ0v) is 50.8. The molecule has 0 radical (unpaired) electrons. The average Bonchev–Trinajstić information content (AvgIpc) is 1.76. The van der Waals surface area contributed by atoms with Gasteiger partial charge < -0.3 is 112 Å². The molecule has 0 aliphatic carbocycles. The van der Waals surface area contributed by atoms with E-state index in [-0.39, 0.29) is 56.8 Å². The maximum atomic E-state index is 14.5. The van der Waals surface area contributed by atoms with Crippen molar-refractivity contribution in [2.75, 3.05) is 45.9 Å². The van der Waals surface area contributed by atoms with Crippen molar-refractivity contribution >= 4 is 105 Å². The number of aliphatic hydroxyl groups is 2. The molecule has 2 saturated heterocycles. The Balaban J connectivity index is 1.46. The number of aromatic amines is 2. The number of guanidine groups is 1. The number of benzene rings is 1. The number of carbonyl (C=O) groups excluding carboxylic acids is 15. The van der Waals surface area contributed by atoms with Gasteiger partial charge in [-0.2, -0.15) is 0 Å². The summed E-state index contributed by atoms with van der Waals surface area (Å²) in [5, 5.41) is 49.5. The number of hydrogen-bond acceptors (Lipinski definition) is 19. The number of amides is 15. The Morgan fingerprint density at radius 1 is 0.624 bits per heavy atom. The van der Waals surface area contributed by atoms with E-state index < -0.39 is 201 Å². The summed E-state index contributed by atoms with van der Waals surface area (Å²) in [6, 6.07) is -7.33. The zero-order valence-electron chi connectivity index (χ0n) is 50.8. The van der Waals surface area contributed by atoms with Crippen LogP contribution in [0.1, 0.15) is 70.1 Å². The molecule has 0 spiro atoms. The number of nitrogens with one attached hydrogen (secondary N) is 14. The average molecular weight is 1310 g/mol. The van der Waals surface area contributed by atoms with Crippen LogP contribution in [0.4, 0.5) is 0 Å². The number of rotatable bonds is 15. The van der Waals surface area contributed by atoms with Crippen LogP contribution in [0.5, 0.6) is 0 Å². The number of aliphatic hydroxyl groups excluding tert-OH is 2. The zero-order chi connectivity index (χ0) is 68.5. The predicted molar refractivity (Wildman–Crippen MR) is 323 cm³/mol. The fourth-order valence-corrected chi connectivity index (χ4v) is 9.73. The Kier molecular flexibility index (Phi) is 27.9. The quantitative estimate of drug-likeness (QED) is 0.0382. The van der Waals surface area contributed by atoms with Gasteiger partial charge in [0.2, 0.25) is 88.6 Å². The Labute approximate surface area is 529 Å². The van der Waals surface area contributed by atoms with Crippen molar-refractivity contribution in [1.29, 1.82) is 0 Å². The Morgan fingerprint density at radius 3 is 1.83 bits per heavy atom. The van der Waals surface area contributed by atoms with Crippen molar-refractivity contribution in [3.8, 4) is 0 Å². The number of primary amides is 2. The fraction of sp³-hybridized carbons (Fsp3) is 0.509. The molecule has 506 valence electrons. The number of para-hydroxylation sites is 1. The topological polar surface area (TPSA) is 605 Å². The Hall–Kier alpha value is -10.8. The van der Waals surface area contributed by atoms with E-state index in [2.05, 4.69) is 83.7 Å². The highest BCUT2D eigenvalue weighted by Crippen LogP contribution is 2.21.